The van der Waals surface area contributed by atoms with E-state index in [-0.39, 0.29) is 23.6 Å². The van der Waals surface area contributed by atoms with E-state index in [4.69, 9.17) is 0 Å². The number of nitrogens with zero attached hydrogens (tertiary/aromatic N) is 3. The van der Waals surface area contributed by atoms with Crippen LogP contribution in [0.25, 0.3) is 0 Å². The third-order valence-corrected chi connectivity index (χ3v) is 5.20. The maximum absolute atomic E-state index is 13.4. The summed E-state index contributed by atoms with van der Waals surface area (Å²) in [5.41, 5.74) is 2.16. The summed E-state index contributed by atoms with van der Waals surface area (Å²) in [5, 5.41) is 0. The number of benzene rings is 1. The molecule has 1 aromatic heterocycles. The van der Waals surface area contributed by atoms with Gasteiger partial charge in [-0.25, -0.2) is 4.39 Å². The molecule has 1 saturated heterocycles. The highest BCUT2D eigenvalue weighted by molar-refractivity contribution is 5.83. The Hall–Kier alpha value is -2.27. The first-order valence-electron chi connectivity index (χ1n) is 8.86. The Balaban J connectivity index is 1.29. The van der Waals surface area contributed by atoms with Crippen LogP contribution in [0.3, 0.4) is 0 Å². The summed E-state index contributed by atoms with van der Waals surface area (Å²) in [7, 11) is 0. The Morgan fingerprint density at radius 1 is 1.16 bits per heavy atom. The molecule has 1 aliphatic carbocycles. The SMILES string of the molecule is O=C([C@@H]1C[C@@H]1c1cccc(F)c1)N1CCN(Cc2cccnc2)CC1. The van der Waals surface area contributed by atoms with Gasteiger partial charge in [0.05, 0.1) is 0 Å². The fraction of sp³-hybridized carbons (Fsp3) is 0.400. The number of aromatic nitrogens is 1. The average Bonchev–Trinajstić information content (AvgIpc) is 3.43. The van der Waals surface area contributed by atoms with Crippen molar-refractivity contribution in [3.8, 4) is 0 Å². The van der Waals surface area contributed by atoms with Crippen LogP contribution in [0.5, 0.6) is 0 Å². The molecule has 2 atom stereocenters. The zero-order valence-corrected chi connectivity index (χ0v) is 14.1. The first-order chi connectivity index (χ1) is 12.2. The van der Waals surface area contributed by atoms with Gasteiger partial charge in [0.1, 0.15) is 5.82 Å². The molecular weight excluding hydrogens is 317 g/mol. The fourth-order valence-electron chi connectivity index (χ4n) is 3.68. The van der Waals surface area contributed by atoms with Gasteiger partial charge in [-0.15, -0.1) is 0 Å². The van der Waals surface area contributed by atoms with Crippen LogP contribution in [-0.2, 0) is 11.3 Å². The first kappa shape index (κ1) is 16.2. The van der Waals surface area contributed by atoms with E-state index in [9.17, 15) is 9.18 Å². The average molecular weight is 339 g/mol. The molecule has 4 rings (SSSR count). The topological polar surface area (TPSA) is 36.4 Å². The van der Waals surface area contributed by atoms with Crippen molar-refractivity contribution in [1.82, 2.24) is 14.8 Å². The lowest BCUT2D eigenvalue weighted by atomic mass is 10.1. The molecule has 0 N–H and O–H groups in total. The highest BCUT2D eigenvalue weighted by atomic mass is 19.1. The number of hydrogen-bond acceptors (Lipinski definition) is 3. The molecule has 1 saturated carbocycles. The van der Waals surface area contributed by atoms with Gasteiger partial charge in [0.15, 0.2) is 0 Å². The van der Waals surface area contributed by atoms with Gasteiger partial charge in [-0.3, -0.25) is 14.7 Å². The van der Waals surface area contributed by atoms with Crippen molar-refractivity contribution in [3.63, 3.8) is 0 Å². The quantitative estimate of drug-likeness (QED) is 0.859. The third kappa shape index (κ3) is 3.71. The minimum absolute atomic E-state index is 0.0340. The Morgan fingerprint density at radius 3 is 2.72 bits per heavy atom. The van der Waals surface area contributed by atoms with Crippen molar-refractivity contribution in [3.05, 3.63) is 65.7 Å². The zero-order valence-electron chi connectivity index (χ0n) is 14.1. The highest BCUT2D eigenvalue weighted by Gasteiger charge is 2.46. The number of amides is 1. The molecule has 2 aliphatic rings. The van der Waals surface area contributed by atoms with Gasteiger partial charge < -0.3 is 4.90 Å². The maximum atomic E-state index is 13.4. The first-order valence-corrected chi connectivity index (χ1v) is 8.86. The molecule has 1 amide bonds. The molecule has 0 unspecified atom stereocenters. The zero-order chi connectivity index (χ0) is 17.2. The summed E-state index contributed by atoms with van der Waals surface area (Å²) < 4.78 is 13.4. The van der Waals surface area contributed by atoms with E-state index in [2.05, 4.69) is 16.0 Å². The molecule has 130 valence electrons. The minimum Gasteiger partial charge on any atom is -0.340 e. The summed E-state index contributed by atoms with van der Waals surface area (Å²) in [6.45, 7) is 4.19. The second-order valence-electron chi connectivity index (χ2n) is 6.97. The van der Waals surface area contributed by atoms with E-state index < -0.39 is 0 Å². The van der Waals surface area contributed by atoms with Crippen molar-refractivity contribution in [1.29, 1.82) is 0 Å². The molecule has 4 nitrogen and oxygen atoms in total. The van der Waals surface area contributed by atoms with Crippen molar-refractivity contribution >= 4 is 5.91 Å². The minimum atomic E-state index is -0.223. The Kier molecular flexibility index (Phi) is 4.49. The van der Waals surface area contributed by atoms with Gasteiger partial charge in [0.25, 0.3) is 0 Å². The largest absolute Gasteiger partial charge is 0.340 e. The number of halogens is 1. The molecule has 5 heteroatoms. The molecule has 2 heterocycles. The summed E-state index contributed by atoms with van der Waals surface area (Å²) >= 11 is 0. The van der Waals surface area contributed by atoms with Crippen LogP contribution in [-0.4, -0.2) is 46.9 Å². The van der Waals surface area contributed by atoms with Crippen LogP contribution >= 0.6 is 0 Å². The Morgan fingerprint density at radius 2 is 2.00 bits per heavy atom. The van der Waals surface area contributed by atoms with E-state index >= 15 is 0 Å². The van der Waals surface area contributed by atoms with Crippen LogP contribution in [0.15, 0.2) is 48.8 Å². The summed E-state index contributed by atoms with van der Waals surface area (Å²) in [6.07, 6.45) is 4.52. The molecule has 1 aromatic carbocycles. The summed E-state index contributed by atoms with van der Waals surface area (Å²) in [5.74, 6) is 0.234. The number of pyridine rings is 1. The van der Waals surface area contributed by atoms with Gasteiger partial charge in [-0.1, -0.05) is 18.2 Å². The molecule has 0 spiro atoms. The number of carbonyl (C=O) groups excluding carboxylic acids is 1. The van der Waals surface area contributed by atoms with Gasteiger partial charge >= 0.3 is 0 Å². The van der Waals surface area contributed by atoms with Crippen molar-refractivity contribution < 1.29 is 9.18 Å². The number of piperazine rings is 1. The van der Waals surface area contributed by atoms with Crippen LogP contribution in [0.4, 0.5) is 4.39 Å². The molecule has 2 aromatic rings. The number of hydrogen-bond donors (Lipinski definition) is 0. The Bertz CT molecular complexity index is 744. The molecule has 1 aliphatic heterocycles. The lowest BCUT2D eigenvalue weighted by Crippen LogP contribution is -2.48. The monoisotopic (exact) mass is 339 g/mol. The lowest BCUT2D eigenvalue weighted by Gasteiger charge is -2.35. The standard InChI is InChI=1S/C20H22FN3O/c21-17-5-1-4-16(11-17)18-12-19(18)20(25)24-9-7-23(8-10-24)14-15-3-2-6-22-13-15/h1-6,11,13,18-19H,7-10,12,14H2/t18-,19-/m1/s1. The predicted octanol–water partition coefficient (Wildman–Crippen LogP) is 2.67. The molecular formula is C20H22FN3O. The van der Waals surface area contributed by atoms with E-state index in [1.165, 1.54) is 11.6 Å². The predicted molar refractivity (Wildman–Crippen MR) is 93.3 cm³/mol. The number of carbonyl (C=O) groups is 1. The van der Waals surface area contributed by atoms with Gasteiger partial charge in [-0.2, -0.15) is 0 Å². The second kappa shape index (κ2) is 6.92. The highest BCUT2D eigenvalue weighted by Crippen LogP contribution is 2.48. The van der Waals surface area contributed by atoms with Crippen LogP contribution < -0.4 is 0 Å². The van der Waals surface area contributed by atoms with Crippen molar-refractivity contribution in [2.45, 2.75) is 18.9 Å². The Labute approximate surface area is 147 Å². The van der Waals surface area contributed by atoms with Crippen LogP contribution in [0, 0.1) is 11.7 Å². The lowest BCUT2D eigenvalue weighted by molar-refractivity contribution is -0.134. The van der Waals surface area contributed by atoms with Crippen molar-refractivity contribution in [2.24, 2.45) is 5.92 Å². The van der Waals surface area contributed by atoms with Crippen LogP contribution in [0.1, 0.15) is 23.5 Å². The van der Waals surface area contributed by atoms with Gasteiger partial charge in [-0.05, 0) is 41.7 Å². The molecule has 0 bridgehead atoms. The normalized spacial score (nSPS) is 23.5. The van der Waals surface area contributed by atoms with E-state index in [0.717, 1.165) is 44.7 Å². The summed E-state index contributed by atoms with van der Waals surface area (Å²) in [4.78, 5) is 21.2. The van der Waals surface area contributed by atoms with Crippen LogP contribution in [0.2, 0.25) is 0 Å². The molecule has 25 heavy (non-hydrogen) atoms. The smallest absolute Gasteiger partial charge is 0.226 e. The number of rotatable bonds is 4. The summed E-state index contributed by atoms with van der Waals surface area (Å²) in [6, 6.07) is 10.7. The van der Waals surface area contributed by atoms with Crippen molar-refractivity contribution in [2.75, 3.05) is 26.2 Å². The van der Waals surface area contributed by atoms with Gasteiger partial charge in [0.2, 0.25) is 5.91 Å². The maximum Gasteiger partial charge on any atom is 0.226 e. The van der Waals surface area contributed by atoms with E-state index in [1.807, 2.05) is 23.2 Å². The molecule has 0 radical (unpaired) electrons. The van der Waals surface area contributed by atoms with E-state index in [0.29, 0.717) is 0 Å². The fourth-order valence-corrected chi connectivity index (χ4v) is 3.68. The van der Waals surface area contributed by atoms with E-state index in [1.54, 1.807) is 18.3 Å². The molecule has 2 fully saturated rings. The third-order valence-electron chi connectivity index (χ3n) is 5.20. The second-order valence-corrected chi connectivity index (χ2v) is 6.97. The van der Waals surface area contributed by atoms with Gasteiger partial charge in [0, 0.05) is 51.0 Å².